The second-order valence-corrected chi connectivity index (χ2v) is 8.54. The van der Waals surface area contributed by atoms with Crippen LogP contribution in [-0.2, 0) is 9.47 Å². The van der Waals surface area contributed by atoms with Gasteiger partial charge in [-0.2, -0.15) is 0 Å². The van der Waals surface area contributed by atoms with Gasteiger partial charge in [0.05, 0.1) is 11.2 Å². The van der Waals surface area contributed by atoms with E-state index in [2.05, 4.69) is 37.5 Å². The third-order valence-electron chi connectivity index (χ3n) is 5.30. The highest BCUT2D eigenvalue weighted by Crippen LogP contribution is 2.33. The quantitative estimate of drug-likeness (QED) is 0.727. The zero-order chi connectivity index (χ0) is 16.0. The van der Waals surface area contributed by atoms with E-state index in [1.165, 1.54) is 0 Å². The molecule has 0 spiro atoms. The van der Waals surface area contributed by atoms with E-state index >= 15 is 0 Å². The normalized spacial score (nSPS) is 35.0. The summed E-state index contributed by atoms with van der Waals surface area (Å²) < 4.78 is 11.7. The van der Waals surface area contributed by atoms with Crippen LogP contribution in [0.15, 0.2) is 0 Å². The Balaban J connectivity index is 1.65. The van der Waals surface area contributed by atoms with Gasteiger partial charge in [0.1, 0.15) is 0 Å². The summed E-state index contributed by atoms with van der Waals surface area (Å²) in [6, 6.07) is 1.07. The van der Waals surface area contributed by atoms with Gasteiger partial charge in [0.25, 0.3) is 0 Å². The van der Waals surface area contributed by atoms with Crippen LogP contribution in [0.2, 0.25) is 0 Å². The van der Waals surface area contributed by atoms with Gasteiger partial charge in [-0.1, -0.05) is 0 Å². The average Bonchev–Trinajstić information content (AvgIpc) is 2.78. The fraction of sp³-hybridized carbons (Fsp3) is 0.941. The third-order valence-corrected chi connectivity index (χ3v) is 5.77. The van der Waals surface area contributed by atoms with E-state index < -0.39 is 0 Å². The maximum absolute atomic E-state index is 5.86. The molecular formula is C17H30N2O2S. The van der Waals surface area contributed by atoms with Crippen LogP contribution < -0.4 is 0 Å². The molecule has 3 saturated heterocycles. The van der Waals surface area contributed by atoms with E-state index in [4.69, 9.17) is 21.7 Å². The summed E-state index contributed by atoms with van der Waals surface area (Å²) in [5.74, 6) is 0. The van der Waals surface area contributed by atoms with Gasteiger partial charge >= 0.3 is 0 Å². The summed E-state index contributed by atoms with van der Waals surface area (Å²) in [7, 11) is 0. The minimum absolute atomic E-state index is 0.0212. The third kappa shape index (κ3) is 3.41. The number of hydrogen-bond acceptors (Lipinski definition) is 3. The largest absolute Gasteiger partial charge is 0.375 e. The Morgan fingerprint density at radius 1 is 0.864 bits per heavy atom. The number of nitrogens with zero attached hydrogens (tertiary/aromatic N) is 2. The van der Waals surface area contributed by atoms with Gasteiger partial charge in [0, 0.05) is 38.4 Å². The summed E-state index contributed by atoms with van der Waals surface area (Å²) in [6.07, 6.45) is 4.33. The number of rotatable bonds is 2. The molecule has 0 aromatic carbocycles. The second-order valence-electron chi connectivity index (χ2n) is 8.18. The Bertz CT molecular complexity index is 400. The molecule has 3 fully saturated rings. The van der Waals surface area contributed by atoms with Crippen LogP contribution in [-0.4, -0.2) is 64.5 Å². The fourth-order valence-corrected chi connectivity index (χ4v) is 4.66. The van der Waals surface area contributed by atoms with Gasteiger partial charge in [-0.15, -0.1) is 0 Å². The van der Waals surface area contributed by atoms with Gasteiger partial charge in [-0.3, -0.25) is 0 Å². The predicted octanol–water partition coefficient (Wildman–Crippen LogP) is 2.80. The van der Waals surface area contributed by atoms with Crippen molar-refractivity contribution in [3.05, 3.63) is 0 Å². The van der Waals surface area contributed by atoms with Gasteiger partial charge in [-0.25, -0.2) is 0 Å². The predicted molar refractivity (Wildman–Crippen MR) is 92.1 cm³/mol. The highest BCUT2D eigenvalue weighted by atomic mass is 32.1. The molecule has 22 heavy (non-hydrogen) atoms. The van der Waals surface area contributed by atoms with E-state index in [1.807, 2.05) is 0 Å². The van der Waals surface area contributed by atoms with E-state index in [0.29, 0.717) is 12.1 Å². The average molecular weight is 327 g/mol. The molecule has 3 aliphatic heterocycles. The molecule has 0 bridgehead atoms. The SMILES string of the molecule is CC1(C)C[C@H](N2CCN([C@H]3CCOC(C)(C)C3)C2=S)CCO1. The van der Waals surface area contributed by atoms with Crippen LogP contribution in [0.5, 0.6) is 0 Å². The molecule has 0 aliphatic carbocycles. The van der Waals surface area contributed by atoms with Gasteiger partial charge in [0.15, 0.2) is 5.11 Å². The molecule has 0 saturated carbocycles. The van der Waals surface area contributed by atoms with Crippen molar-refractivity contribution in [2.24, 2.45) is 0 Å². The van der Waals surface area contributed by atoms with Crippen molar-refractivity contribution in [2.75, 3.05) is 26.3 Å². The van der Waals surface area contributed by atoms with Crippen molar-refractivity contribution < 1.29 is 9.47 Å². The standard InChI is InChI=1S/C17H30N2O2S/c1-16(2)11-13(5-9-20-16)18-7-8-19(15(18)22)14-6-10-21-17(3,4)12-14/h13-14H,5-12H2,1-4H3/t13-,14+. The lowest BCUT2D eigenvalue weighted by Gasteiger charge is -2.43. The molecular weight excluding hydrogens is 296 g/mol. The van der Waals surface area contributed by atoms with Gasteiger partial charge < -0.3 is 19.3 Å². The van der Waals surface area contributed by atoms with Crippen LogP contribution in [0.1, 0.15) is 53.4 Å². The lowest BCUT2D eigenvalue weighted by Crippen LogP contribution is -2.50. The second kappa shape index (κ2) is 5.91. The first-order chi connectivity index (χ1) is 10.3. The van der Waals surface area contributed by atoms with Crippen LogP contribution >= 0.6 is 12.2 Å². The Morgan fingerprint density at radius 2 is 1.27 bits per heavy atom. The van der Waals surface area contributed by atoms with Crippen molar-refractivity contribution in [3.8, 4) is 0 Å². The molecule has 3 aliphatic rings. The molecule has 5 heteroatoms. The minimum atomic E-state index is -0.0212. The monoisotopic (exact) mass is 326 g/mol. The zero-order valence-electron chi connectivity index (χ0n) is 14.4. The Morgan fingerprint density at radius 3 is 1.64 bits per heavy atom. The maximum atomic E-state index is 5.86. The van der Waals surface area contributed by atoms with Crippen molar-refractivity contribution in [1.82, 2.24) is 9.80 Å². The van der Waals surface area contributed by atoms with E-state index in [0.717, 1.165) is 57.1 Å². The Hall–Kier alpha value is -0.390. The number of thiocarbonyl (C=S) groups is 1. The maximum Gasteiger partial charge on any atom is 0.172 e. The summed E-state index contributed by atoms with van der Waals surface area (Å²) in [6.45, 7) is 12.6. The molecule has 3 rings (SSSR count). The van der Waals surface area contributed by atoms with Gasteiger partial charge in [-0.05, 0) is 65.6 Å². The molecule has 0 radical (unpaired) electrons. The molecule has 126 valence electrons. The molecule has 0 amide bonds. The fourth-order valence-electron chi connectivity index (χ4n) is 4.18. The Labute approximate surface area is 140 Å². The van der Waals surface area contributed by atoms with Crippen molar-refractivity contribution >= 4 is 17.3 Å². The summed E-state index contributed by atoms with van der Waals surface area (Å²) in [5, 5.41) is 1.06. The molecule has 0 unspecified atom stereocenters. The first kappa shape index (κ1) is 16.5. The van der Waals surface area contributed by atoms with Crippen LogP contribution in [0.4, 0.5) is 0 Å². The molecule has 0 aromatic rings. The molecule has 3 heterocycles. The Kier molecular flexibility index (Phi) is 4.43. The lowest BCUT2D eigenvalue weighted by molar-refractivity contribution is -0.0747. The summed E-state index contributed by atoms with van der Waals surface area (Å²) in [5.41, 5.74) is -0.0424. The highest BCUT2D eigenvalue weighted by Gasteiger charge is 2.41. The van der Waals surface area contributed by atoms with Crippen LogP contribution in [0.25, 0.3) is 0 Å². The highest BCUT2D eigenvalue weighted by molar-refractivity contribution is 7.80. The van der Waals surface area contributed by atoms with Crippen LogP contribution in [0, 0.1) is 0 Å². The van der Waals surface area contributed by atoms with E-state index in [9.17, 15) is 0 Å². The lowest BCUT2D eigenvalue weighted by atomic mass is 9.93. The molecule has 2 atom stereocenters. The number of ether oxygens (including phenoxy) is 2. The molecule has 4 nitrogen and oxygen atoms in total. The first-order valence-corrected chi connectivity index (χ1v) is 9.03. The van der Waals surface area contributed by atoms with Crippen LogP contribution in [0.3, 0.4) is 0 Å². The molecule has 0 aromatic heterocycles. The molecule has 0 N–H and O–H groups in total. The van der Waals surface area contributed by atoms with Crippen molar-refractivity contribution in [3.63, 3.8) is 0 Å². The summed E-state index contributed by atoms with van der Waals surface area (Å²) in [4.78, 5) is 4.92. The van der Waals surface area contributed by atoms with Gasteiger partial charge in [0.2, 0.25) is 0 Å². The first-order valence-electron chi connectivity index (χ1n) is 8.63. The zero-order valence-corrected chi connectivity index (χ0v) is 15.2. The topological polar surface area (TPSA) is 24.9 Å². The van der Waals surface area contributed by atoms with E-state index in [1.54, 1.807) is 0 Å². The van der Waals surface area contributed by atoms with E-state index in [-0.39, 0.29) is 11.2 Å². The minimum Gasteiger partial charge on any atom is -0.375 e. The summed E-state index contributed by atoms with van der Waals surface area (Å²) >= 11 is 5.84. The smallest absolute Gasteiger partial charge is 0.172 e. The van der Waals surface area contributed by atoms with Crippen molar-refractivity contribution in [1.29, 1.82) is 0 Å². The van der Waals surface area contributed by atoms with Crippen molar-refractivity contribution in [2.45, 2.75) is 76.7 Å². The number of hydrogen-bond donors (Lipinski definition) is 0.